The highest BCUT2D eigenvalue weighted by Gasteiger charge is 2.30. The van der Waals surface area contributed by atoms with Crippen molar-refractivity contribution in [1.29, 1.82) is 0 Å². The molecule has 2 heterocycles. The molecule has 0 unspecified atom stereocenters. The smallest absolute Gasteiger partial charge is 0.227 e. The Balaban J connectivity index is 1.67. The molecular formula is C18H23N3O2. The predicted octanol–water partition coefficient (Wildman–Crippen LogP) is 3.28. The average Bonchev–Trinajstić information content (AvgIpc) is 3.07. The number of para-hydroxylation sites is 1. The van der Waals surface area contributed by atoms with E-state index in [-0.39, 0.29) is 17.4 Å². The molecule has 1 aromatic heterocycles. The molecule has 3 rings (SSSR count). The van der Waals surface area contributed by atoms with E-state index in [4.69, 9.17) is 4.52 Å². The molecule has 5 nitrogen and oxygen atoms in total. The van der Waals surface area contributed by atoms with Crippen LogP contribution < -0.4 is 4.90 Å². The third-order valence-electron chi connectivity index (χ3n) is 4.17. The van der Waals surface area contributed by atoms with E-state index < -0.39 is 0 Å². The topological polar surface area (TPSA) is 59.2 Å². The van der Waals surface area contributed by atoms with Gasteiger partial charge in [0.1, 0.15) is 0 Å². The second-order valence-corrected chi connectivity index (χ2v) is 7.21. The summed E-state index contributed by atoms with van der Waals surface area (Å²) in [5.41, 5.74) is 2.13. The van der Waals surface area contributed by atoms with Crippen LogP contribution in [0.2, 0.25) is 0 Å². The van der Waals surface area contributed by atoms with Crippen LogP contribution in [0.3, 0.4) is 0 Å². The summed E-state index contributed by atoms with van der Waals surface area (Å²) in [6, 6.07) is 8.30. The maximum absolute atomic E-state index is 12.6. The summed E-state index contributed by atoms with van der Waals surface area (Å²) in [5, 5.41) is 4.00. The number of benzene rings is 1. The minimum Gasteiger partial charge on any atom is -0.339 e. The van der Waals surface area contributed by atoms with Gasteiger partial charge in [0, 0.05) is 30.0 Å². The number of rotatable bonds is 3. The Bertz CT molecular complexity index is 715. The molecule has 1 atom stereocenters. The highest BCUT2D eigenvalue weighted by molar-refractivity contribution is 5.96. The lowest BCUT2D eigenvalue weighted by Crippen LogP contribution is -2.35. The van der Waals surface area contributed by atoms with Crippen molar-refractivity contribution in [3.8, 4) is 0 Å². The number of aromatic nitrogens is 2. The van der Waals surface area contributed by atoms with Gasteiger partial charge in [0.25, 0.3) is 0 Å². The second kappa shape index (κ2) is 5.80. The molecule has 1 aliphatic heterocycles. The molecule has 0 saturated heterocycles. The fraction of sp³-hybridized carbons (Fsp3) is 0.500. The lowest BCUT2D eigenvalue weighted by Gasteiger charge is -2.22. The monoisotopic (exact) mass is 313 g/mol. The molecule has 1 amide bonds. The number of hydrogen-bond acceptors (Lipinski definition) is 4. The first kappa shape index (κ1) is 15.7. The minimum absolute atomic E-state index is 0.109. The zero-order valence-corrected chi connectivity index (χ0v) is 14.2. The summed E-state index contributed by atoms with van der Waals surface area (Å²) in [4.78, 5) is 18.9. The van der Waals surface area contributed by atoms with E-state index in [0.29, 0.717) is 24.6 Å². The quantitative estimate of drug-likeness (QED) is 0.872. The summed E-state index contributed by atoms with van der Waals surface area (Å²) >= 11 is 0. The first-order chi connectivity index (χ1) is 10.9. The fourth-order valence-electron chi connectivity index (χ4n) is 2.94. The van der Waals surface area contributed by atoms with Gasteiger partial charge in [-0.05, 0) is 25.0 Å². The van der Waals surface area contributed by atoms with Gasteiger partial charge in [-0.25, -0.2) is 0 Å². The van der Waals surface area contributed by atoms with Crippen molar-refractivity contribution in [3.05, 3.63) is 41.5 Å². The van der Waals surface area contributed by atoms with E-state index in [1.165, 1.54) is 5.56 Å². The lowest BCUT2D eigenvalue weighted by atomic mass is 9.96. The molecule has 0 radical (unpaired) electrons. The van der Waals surface area contributed by atoms with Crippen LogP contribution in [0.4, 0.5) is 5.69 Å². The maximum atomic E-state index is 12.6. The van der Waals surface area contributed by atoms with Crippen molar-refractivity contribution in [2.45, 2.75) is 58.4 Å². The molecule has 0 N–H and O–H groups in total. The second-order valence-electron chi connectivity index (χ2n) is 7.21. The summed E-state index contributed by atoms with van der Waals surface area (Å²) < 4.78 is 5.27. The number of anilines is 1. The molecule has 0 bridgehead atoms. The number of carbonyl (C=O) groups excluding carboxylic acids is 1. The Hall–Kier alpha value is -2.17. The summed E-state index contributed by atoms with van der Waals surface area (Å²) in [6.45, 7) is 8.20. The van der Waals surface area contributed by atoms with Gasteiger partial charge >= 0.3 is 0 Å². The van der Waals surface area contributed by atoms with E-state index in [1.807, 2.05) is 43.9 Å². The molecule has 2 aromatic rings. The fourth-order valence-corrected chi connectivity index (χ4v) is 2.94. The Labute approximate surface area is 136 Å². The van der Waals surface area contributed by atoms with Gasteiger partial charge in [-0.15, -0.1) is 0 Å². The van der Waals surface area contributed by atoms with Crippen LogP contribution in [0, 0.1) is 0 Å². The van der Waals surface area contributed by atoms with Crippen LogP contribution in [-0.2, 0) is 23.1 Å². The van der Waals surface area contributed by atoms with E-state index in [9.17, 15) is 4.79 Å². The summed E-state index contributed by atoms with van der Waals surface area (Å²) in [7, 11) is 0. The highest BCUT2D eigenvalue weighted by atomic mass is 16.5. The Kier molecular flexibility index (Phi) is 3.96. The van der Waals surface area contributed by atoms with Crippen LogP contribution in [0.15, 0.2) is 28.8 Å². The van der Waals surface area contributed by atoms with E-state index >= 15 is 0 Å². The number of fused-ring (bicyclic) bond motifs is 1. The van der Waals surface area contributed by atoms with Crippen LogP contribution in [-0.4, -0.2) is 22.1 Å². The van der Waals surface area contributed by atoms with Crippen LogP contribution in [0.25, 0.3) is 0 Å². The van der Waals surface area contributed by atoms with Gasteiger partial charge in [-0.3, -0.25) is 4.79 Å². The van der Waals surface area contributed by atoms with E-state index in [0.717, 1.165) is 12.1 Å². The third-order valence-corrected chi connectivity index (χ3v) is 4.17. The summed E-state index contributed by atoms with van der Waals surface area (Å²) in [6.07, 6.45) is 1.77. The molecule has 1 aliphatic rings. The average molecular weight is 313 g/mol. The SMILES string of the molecule is C[C@H]1Cc2ccccc2N1C(=O)CCc1nc(C(C)(C)C)no1. The molecule has 122 valence electrons. The first-order valence-electron chi connectivity index (χ1n) is 8.09. The molecule has 0 saturated carbocycles. The summed E-state index contributed by atoms with van der Waals surface area (Å²) in [5.74, 6) is 1.32. The Morgan fingerprint density at radius 3 is 2.78 bits per heavy atom. The van der Waals surface area contributed by atoms with E-state index in [1.54, 1.807) is 0 Å². The highest BCUT2D eigenvalue weighted by Crippen LogP contribution is 2.32. The van der Waals surface area contributed by atoms with Gasteiger partial charge in [0.15, 0.2) is 5.82 Å². The zero-order chi connectivity index (χ0) is 16.6. The lowest BCUT2D eigenvalue weighted by molar-refractivity contribution is -0.118. The van der Waals surface area contributed by atoms with Crippen molar-refractivity contribution in [2.75, 3.05) is 4.90 Å². The minimum atomic E-state index is -0.145. The molecule has 5 heteroatoms. The number of carbonyl (C=O) groups is 1. The molecule has 0 fully saturated rings. The van der Waals surface area contributed by atoms with Gasteiger partial charge in [-0.2, -0.15) is 4.98 Å². The standard InChI is InChI=1S/C18H23N3O2/c1-12-11-13-7-5-6-8-14(13)21(12)16(22)10-9-15-19-17(20-23-15)18(2,3)4/h5-8,12H,9-11H2,1-4H3/t12-/m0/s1. The first-order valence-corrected chi connectivity index (χ1v) is 8.09. The van der Waals surface area contributed by atoms with Crippen molar-refractivity contribution < 1.29 is 9.32 Å². The number of nitrogens with zero attached hydrogens (tertiary/aromatic N) is 3. The zero-order valence-electron chi connectivity index (χ0n) is 14.2. The van der Waals surface area contributed by atoms with Gasteiger partial charge in [-0.1, -0.05) is 44.1 Å². The maximum Gasteiger partial charge on any atom is 0.227 e. The van der Waals surface area contributed by atoms with Gasteiger partial charge in [0.2, 0.25) is 11.8 Å². The largest absolute Gasteiger partial charge is 0.339 e. The molecule has 1 aromatic carbocycles. The molecular weight excluding hydrogens is 290 g/mol. The van der Waals surface area contributed by atoms with Crippen LogP contribution in [0.1, 0.15) is 51.4 Å². The third kappa shape index (κ3) is 3.14. The van der Waals surface area contributed by atoms with Crippen molar-refractivity contribution >= 4 is 11.6 Å². The predicted molar refractivity (Wildman–Crippen MR) is 88.4 cm³/mol. The van der Waals surface area contributed by atoms with Crippen LogP contribution in [0.5, 0.6) is 0 Å². The number of aryl methyl sites for hydroxylation is 1. The van der Waals surface area contributed by atoms with Crippen molar-refractivity contribution in [1.82, 2.24) is 10.1 Å². The molecule has 0 spiro atoms. The number of amides is 1. The van der Waals surface area contributed by atoms with Crippen molar-refractivity contribution in [3.63, 3.8) is 0 Å². The van der Waals surface area contributed by atoms with E-state index in [2.05, 4.69) is 23.1 Å². The van der Waals surface area contributed by atoms with Gasteiger partial charge < -0.3 is 9.42 Å². The van der Waals surface area contributed by atoms with Crippen molar-refractivity contribution in [2.24, 2.45) is 0 Å². The molecule has 23 heavy (non-hydrogen) atoms. The molecule has 0 aliphatic carbocycles. The Morgan fingerprint density at radius 1 is 1.35 bits per heavy atom. The normalized spacial score (nSPS) is 17.4. The Morgan fingerprint density at radius 2 is 2.09 bits per heavy atom. The number of hydrogen-bond donors (Lipinski definition) is 0. The van der Waals surface area contributed by atoms with Gasteiger partial charge in [0.05, 0.1) is 0 Å². The van der Waals surface area contributed by atoms with Crippen LogP contribution >= 0.6 is 0 Å².